The highest BCUT2D eigenvalue weighted by Crippen LogP contribution is 2.47. The molecule has 184 valence electrons. The van der Waals surface area contributed by atoms with E-state index >= 15 is 0 Å². The Kier molecular flexibility index (Phi) is 4.76. The summed E-state index contributed by atoms with van der Waals surface area (Å²) in [6, 6.07) is 8.40. The zero-order chi connectivity index (χ0) is 25.4. The summed E-state index contributed by atoms with van der Waals surface area (Å²) >= 11 is 0. The number of pyridine rings is 1. The van der Waals surface area contributed by atoms with E-state index in [1.54, 1.807) is 17.2 Å². The van der Waals surface area contributed by atoms with E-state index in [1.165, 1.54) is 10.6 Å². The van der Waals surface area contributed by atoms with Crippen LogP contribution in [-0.4, -0.2) is 41.2 Å². The fourth-order valence-electron chi connectivity index (χ4n) is 5.65. The van der Waals surface area contributed by atoms with Crippen LogP contribution in [0.25, 0.3) is 27.7 Å². The second-order valence-corrected chi connectivity index (χ2v) is 9.18. The molecule has 0 aliphatic carbocycles. The van der Waals surface area contributed by atoms with Gasteiger partial charge in [-0.05, 0) is 36.6 Å². The summed E-state index contributed by atoms with van der Waals surface area (Å²) in [4.78, 5) is 33.1. The van der Waals surface area contributed by atoms with Crippen molar-refractivity contribution in [2.24, 2.45) is 7.05 Å². The van der Waals surface area contributed by atoms with Gasteiger partial charge in [0.05, 0.1) is 17.2 Å². The van der Waals surface area contributed by atoms with Gasteiger partial charge < -0.3 is 9.67 Å². The van der Waals surface area contributed by atoms with Crippen molar-refractivity contribution in [1.29, 1.82) is 0 Å². The number of carboxylic acid groups (broad SMARTS) is 1. The summed E-state index contributed by atoms with van der Waals surface area (Å²) < 4.78 is 41.7. The smallest absolute Gasteiger partial charge is 0.451 e. The number of halogens is 3. The number of aryl methyl sites for hydroxylation is 1. The molecule has 8 nitrogen and oxygen atoms in total. The second-order valence-electron chi connectivity index (χ2n) is 9.18. The van der Waals surface area contributed by atoms with Gasteiger partial charge in [-0.15, -0.1) is 0 Å². The number of carbonyl (C=O) groups is 1. The molecule has 5 heterocycles. The molecule has 36 heavy (non-hydrogen) atoms. The van der Waals surface area contributed by atoms with Gasteiger partial charge in [0.25, 0.3) is 5.56 Å². The fraction of sp³-hybridized carbons (Fsp3) is 0.280. The molecule has 2 aliphatic heterocycles. The van der Waals surface area contributed by atoms with E-state index in [0.717, 1.165) is 47.4 Å². The minimum Gasteiger partial charge on any atom is -0.465 e. The lowest BCUT2D eigenvalue weighted by molar-refractivity contribution is -0.144. The van der Waals surface area contributed by atoms with Gasteiger partial charge in [-0.1, -0.05) is 6.07 Å². The van der Waals surface area contributed by atoms with Crippen molar-refractivity contribution in [3.63, 3.8) is 0 Å². The van der Waals surface area contributed by atoms with E-state index in [-0.39, 0.29) is 17.6 Å². The van der Waals surface area contributed by atoms with Crippen molar-refractivity contribution in [1.82, 2.24) is 24.0 Å². The van der Waals surface area contributed by atoms with Crippen molar-refractivity contribution < 1.29 is 23.1 Å². The van der Waals surface area contributed by atoms with Gasteiger partial charge in [-0.25, -0.2) is 14.8 Å². The Hall–Kier alpha value is -4.15. The Morgan fingerprint density at radius 3 is 2.50 bits per heavy atom. The number of rotatable bonds is 2. The van der Waals surface area contributed by atoms with Crippen LogP contribution in [0.1, 0.15) is 36.0 Å². The molecule has 0 radical (unpaired) electrons. The molecule has 11 heteroatoms. The van der Waals surface area contributed by atoms with Gasteiger partial charge in [0, 0.05) is 66.4 Å². The van der Waals surface area contributed by atoms with E-state index in [9.17, 15) is 27.9 Å². The topological polar surface area (TPSA) is 93.3 Å². The molecule has 2 unspecified atom stereocenters. The SMILES string of the molecule is Cn1c2c(c3ccc(-n4ccc(-c5cnc(C(F)(F)F)nc5)cc4=O)cc31)C1CCC(C2)N1C(=O)O. The minimum absolute atomic E-state index is 0.0215. The number of hydrogen-bond donors (Lipinski definition) is 1. The largest absolute Gasteiger partial charge is 0.465 e. The molecule has 1 N–H and O–H groups in total. The highest BCUT2D eigenvalue weighted by atomic mass is 19.4. The lowest BCUT2D eigenvalue weighted by Crippen LogP contribution is -2.41. The predicted octanol–water partition coefficient (Wildman–Crippen LogP) is 4.54. The lowest BCUT2D eigenvalue weighted by atomic mass is 9.97. The molecule has 2 bridgehead atoms. The van der Waals surface area contributed by atoms with Gasteiger partial charge in [-0.3, -0.25) is 14.3 Å². The Bertz CT molecular complexity index is 1590. The molecular weight excluding hydrogens is 475 g/mol. The highest BCUT2D eigenvalue weighted by molar-refractivity contribution is 5.89. The normalized spacial score (nSPS) is 19.1. The quantitative estimate of drug-likeness (QED) is 0.441. The van der Waals surface area contributed by atoms with Crippen LogP contribution in [0.5, 0.6) is 0 Å². The highest BCUT2D eigenvalue weighted by Gasteiger charge is 2.45. The van der Waals surface area contributed by atoms with Gasteiger partial charge in [0.15, 0.2) is 0 Å². The van der Waals surface area contributed by atoms with E-state index in [4.69, 9.17) is 0 Å². The summed E-state index contributed by atoms with van der Waals surface area (Å²) in [6.07, 6.45) is 0.411. The molecule has 2 atom stereocenters. The maximum absolute atomic E-state index is 12.9. The van der Waals surface area contributed by atoms with E-state index in [2.05, 4.69) is 14.5 Å². The van der Waals surface area contributed by atoms with Crippen molar-refractivity contribution in [3.05, 3.63) is 76.4 Å². The van der Waals surface area contributed by atoms with E-state index in [1.807, 2.05) is 25.2 Å². The number of amides is 1. The molecule has 1 amide bonds. The zero-order valence-corrected chi connectivity index (χ0v) is 19.0. The average molecular weight is 495 g/mol. The summed E-state index contributed by atoms with van der Waals surface area (Å²) in [5.41, 5.74) is 4.05. The van der Waals surface area contributed by atoms with Crippen molar-refractivity contribution >= 4 is 17.0 Å². The van der Waals surface area contributed by atoms with Gasteiger partial charge >= 0.3 is 12.3 Å². The number of nitrogens with zero attached hydrogens (tertiary/aromatic N) is 5. The molecule has 4 aromatic rings. The van der Waals surface area contributed by atoms with Crippen molar-refractivity contribution in [2.75, 3.05) is 0 Å². The number of fused-ring (bicyclic) bond motifs is 6. The zero-order valence-electron chi connectivity index (χ0n) is 19.0. The third-order valence-electron chi connectivity index (χ3n) is 7.27. The standard InChI is InChI=1S/C25H20F3N5O3/c1-31-19-9-15(2-4-17(19)22-18-5-3-16(10-20(22)31)33(18)24(35)36)32-7-6-13(8-21(32)34)14-11-29-23(30-12-14)25(26,27)28/h2,4,6-9,11-12,16,18H,3,5,10H2,1H3,(H,35,36). The monoisotopic (exact) mass is 495 g/mol. The molecule has 2 aliphatic rings. The number of hydrogen-bond acceptors (Lipinski definition) is 4. The van der Waals surface area contributed by atoms with Crippen LogP contribution in [0.2, 0.25) is 0 Å². The third kappa shape index (κ3) is 3.29. The van der Waals surface area contributed by atoms with Gasteiger partial charge in [-0.2, -0.15) is 13.2 Å². The van der Waals surface area contributed by atoms with Crippen molar-refractivity contribution in [2.45, 2.75) is 37.5 Å². The summed E-state index contributed by atoms with van der Waals surface area (Å²) in [5.74, 6) is -1.24. The lowest BCUT2D eigenvalue weighted by Gasteiger charge is -2.33. The van der Waals surface area contributed by atoms with Crippen molar-refractivity contribution in [3.8, 4) is 16.8 Å². The first-order valence-corrected chi connectivity index (χ1v) is 11.4. The van der Waals surface area contributed by atoms with Crippen LogP contribution < -0.4 is 5.56 Å². The van der Waals surface area contributed by atoms with Crippen LogP contribution in [0.15, 0.2) is 53.7 Å². The van der Waals surface area contributed by atoms with E-state index < -0.39 is 18.1 Å². The van der Waals surface area contributed by atoms with Crippen LogP contribution in [0.3, 0.4) is 0 Å². The van der Waals surface area contributed by atoms with Gasteiger partial charge in [0.2, 0.25) is 5.82 Å². The molecule has 0 spiro atoms. The maximum atomic E-state index is 12.9. The summed E-state index contributed by atoms with van der Waals surface area (Å²) in [5, 5.41) is 10.7. The third-order valence-corrected chi connectivity index (χ3v) is 7.27. The molecular formula is C25H20F3N5O3. The second kappa shape index (κ2) is 7.67. The Morgan fingerprint density at radius 1 is 1.08 bits per heavy atom. The van der Waals surface area contributed by atoms with E-state index in [0.29, 0.717) is 23.2 Å². The predicted molar refractivity (Wildman–Crippen MR) is 124 cm³/mol. The number of aromatic nitrogens is 4. The Balaban J connectivity index is 1.38. The average Bonchev–Trinajstić information content (AvgIpc) is 3.31. The summed E-state index contributed by atoms with van der Waals surface area (Å²) in [7, 11) is 1.96. The Labute approximate surface area is 202 Å². The van der Waals surface area contributed by atoms with Gasteiger partial charge in [0.1, 0.15) is 0 Å². The minimum atomic E-state index is -4.64. The fourth-order valence-corrected chi connectivity index (χ4v) is 5.65. The molecule has 0 saturated carbocycles. The van der Waals surface area contributed by atoms with Crippen LogP contribution in [0, 0.1) is 0 Å². The first-order chi connectivity index (χ1) is 17.1. The van der Waals surface area contributed by atoms with Crippen LogP contribution in [-0.2, 0) is 19.6 Å². The molecule has 1 fully saturated rings. The molecule has 1 aromatic carbocycles. The number of alkyl halides is 3. The number of benzene rings is 1. The molecule has 1 saturated heterocycles. The first-order valence-electron chi connectivity index (χ1n) is 11.4. The van der Waals surface area contributed by atoms with Crippen LogP contribution in [0.4, 0.5) is 18.0 Å². The molecule has 3 aromatic heterocycles. The van der Waals surface area contributed by atoms with Crippen LogP contribution >= 0.6 is 0 Å². The Morgan fingerprint density at radius 2 is 1.83 bits per heavy atom. The maximum Gasteiger partial charge on any atom is 0.451 e. The summed E-state index contributed by atoms with van der Waals surface area (Å²) in [6.45, 7) is 0. The first kappa shape index (κ1) is 22.3. The molecule has 6 rings (SSSR count).